The topological polar surface area (TPSA) is 55.1 Å². The van der Waals surface area contributed by atoms with Crippen LogP contribution < -0.4 is 11.1 Å². The Morgan fingerprint density at radius 1 is 1.35 bits per heavy atom. The molecule has 0 aliphatic carbocycles. The summed E-state index contributed by atoms with van der Waals surface area (Å²) >= 11 is 11.7. The fourth-order valence-corrected chi connectivity index (χ4v) is 1.82. The van der Waals surface area contributed by atoms with Crippen LogP contribution in [-0.4, -0.2) is 18.5 Å². The van der Waals surface area contributed by atoms with Crippen molar-refractivity contribution >= 4 is 41.5 Å². The third kappa shape index (κ3) is 6.13. The number of rotatable bonds is 4. The van der Waals surface area contributed by atoms with E-state index in [1.165, 1.54) is 0 Å². The molecule has 3 nitrogen and oxygen atoms in total. The van der Waals surface area contributed by atoms with Crippen LogP contribution in [0.2, 0.25) is 10.0 Å². The standard InChI is InChI=1S/C11H14Cl2N2O.ClH/c1-7(14)11(16)15-3-2-8-4-9(12)6-10(13)5-8;/h4-7H,2-3,14H2,1H3,(H,15,16);1H/t7-;/m0./s1. The molecular weight excluding hydrogens is 282 g/mol. The summed E-state index contributed by atoms with van der Waals surface area (Å²) in [5.74, 6) is -0.159. The van der Waals surface area contributed by atoms with E-state index in [1.807, 2.05) is 12.1 Å². The highest BCUT2D eigenvalue weighted by Gasteiger charge is 2.05. The Bertz CT molecular complexity index is 363. The van der Waals surface area contributed by atoms with Gasteiger partial charge in [0.2, 0.25) is 5.91 Å². The Morgan fingerprint density at radius 3 is 2.35 bits per heavy atom. The quantitative estimate of drug-likeness (QED) is 0.897. The Labute approximate surface area is 117 Å². The third-order valence-electron chi connectivity index (χ3n) is 2.05. The SMILES string of the molecule is C[C@H](N)C(=O)NCCc1cc(Cl)cc(Cl)c1.Cl. The van der Waals surface area contributed by atoms with Gasteiger partial charge in [0.1, 0.15) is 0 Å². The predicted octanol–water partition coefficient (Wildman–Crippen LogP) is 2.42. The zero-order chi connectivity index (χ0) is 12.1. The summed E-state index contributed by atoms with van der Waals surface area (Å²) < 4.78 is 0. The molecule has 0 heterocycles. The number of benzene rings is 1. The second-order valence-corrected chi connectivity index (χ2v) is 4.48. The van der Waals surface area contributed by atoms with E-state index < -0.39 is 6.04 Å². The van der Waals surface area contributed by atoms with E-state index in [4.69, 9.17) is 28.9 Å². The summed E-state index contributed by atoms with van der Waals surface area (Å²) in [6.45, 7) is 2.17. The molecule has 0 radical (unpaired) electrons. The first-order chi connectivity index (χ1) is 7.49. The van der Waals surface area contributed by atoms with Gasteiger partial charge in [-0.3, -0.25) is 4.79 Å². The van der Waals surface area contributed by atoms with Crippen molar-refractivity contribution < 1.29 is 4.79 Å². The fourth-order valence-electron chi connectivity index (χ4n) is 1.25. The van der Waals surface area contributed by atoms with E-state index in [0.29, 0.717) is 23.0 Å². The minimum absolute atomic E-state index is 0. The molecule has 0 unspecified atom stereocenters. The lowest BCUT2D eigenvalue weighted by Gasteiger charge is -2.08. The molecule has 96 valence electrons. The van der Waals surface area contributed by atoms with E-state index in [0.717, 1.165) is 5.56 Å². The minimum Gasteiger partial charge on any atom is -0.354 e. The first-order valence-corrected chi connectivity index (χ1v) is 5.73. The average molecular weight is 298 g/mol. The Kier molecular flexibility index (Phi) is 7.55. The highest BCUT2D eigenvalue weighted by Crippen LogP contribution is 2.19. The van der Waals surface area contributed by atoms with Crippen molar-refractivity contribution in [3.05, 3.63) is 33.8 Å². The predicted molar refractivity (Wildman–Crippen MR) is 74.1 cm³/mol. The Morgan fingerprint density at radius 2 is 1.88 bits per heavy atom. The van der Waals surface area contributed by atoms with Gasteiger partial charge in [0.25, 0.3) is 0 Å². The molecule has 0 aromatic heterocycles. The van der Waals surface area contributed by atoms with Crippen molar-refractivity contribution in [2.45, 2.75) is 19.4 Å². The molecule has 0 saturated carbocycles. The molecule has 1 aromatic rings. The summed E-state index contributed by atoms with van der Waals surface area (Å²) in [6, 6.07) is 4.84. The van der Waals surface area contributed by atoms with Crippen molar-refractivity contribution in [2.24, 2.45) is 5.73 Å². The fraction of sp³-hybridized carbons (Fsp3) is 0.364. The largest absolute Gasteiger partial charge is 0.354 e. The normalized spacial score (nSPS) is 11.5. The molecule has 1 aromatic carbocycles. The summed E-state index contributed by atoms with van der Waals surface area (Å²) in [7, 11) is 0. The van der Waals surface area contributed by atoms with Crippen LogP contribution in [0.1, 0.15) is 12.5 Å². The molecule has 0 aliphatic rings. The average Bonchev–Trinajstić information content (AvgIpc) is 2.15. The van der Waals surface area contributed by atoms with Gasteiger partial charge in [-0.1, -0.05) is 23.2 Å². The maximum absolute atomic E-state index is 11.2. The van der Waals surface area contributed by atoms with Crippen LogP contribution in [0.3, 0.4) is 0 Å². The van der Waals surface area contributed by atoms with Crippen LogP contribution in [0.4, 0.5) is 0 Å². The summed E-state index contributed by atoms with van der Waals surface area (Å²) in [5, 5.41) is 3.92. The van der Waals surface area contributed by atoms with E-state index in [9.17, 15) is 4.79 Å². The smallest absolute Gasteiger partial charge is 0.236 e. The number of hydrogen-bond donors (Lipinski definition) is 2. The van der Waals surface area contributed by atoms with Crippen LogP contribution in [0.25, 0.3) is 0 Å². The summed E-state index contributed by atoms with van der Waals surface area (Å²) in [6.07, 6.45) is 0.679. The molecule has 6 heteroatoms. The molecule has 0 spiro atoms. The molecule has 0 bridgehead atoms. The lowest BCUT2D eigenvalue weighted by atomic mass is 10.1. The van der Waals surface area contributed by atoms with Crippen LogP contribution in [0.15, 0.2) is 18.2 Å². The van der Waals surface area contributed by atoms with E-state index in [-0.39, 0.29) is 18.3 Å². The lowest BCUT2D eigenvalue weighted by molar-refractivity contribution is -0.121. The maximum Gasteiger partial charge on any atom is 0.236 e. The van der Waals surface area contributed by atoms with Crippen LogP contribution in [-0.2, 0) is 11.2 Å². The molecule has 1 atom stereocenters. The molecular formula is C11H15Cl3N2O. The van der Waals surface area contributed by atoms with Crippen molar-refractivity contribution in [3.63, 3.8) is 0 Å². The van der Waals surface area contributed by atoms with Gasteiger partial charge in [0.15, 0.2) is 0 Å². The number of carbonyl (C=O) groups excluding carboxylic acids is 1. The molecule has 3 N–H and O–H groups in total. The molecule has 0 aliphatic heterocycles. The van der Waals surface area contributed by atoms with Crippen molar-refractivity contribution in [1.29, 1.82) is 0 Å². The number of carbonyl (C=O) groups is 1. The molecule has 0 fully saturated rings. The number of hydrogen-bond acceptors (Lipinski definition) is 2. The molecule has 0 saturated heterocycles. The van der Waals surface area contributed by atoms with E-state index in [2.05, 4.69) is 5.32 Å². The van der Waals surface area contributed by atoms with Gasteiger partial charge in [-0.15, -0.1) is 12.4 Å². The molecule has 1 amide bonds. The summed E-state index contributed by atoms with van der Waals surface area (Å²) in [4.78, 5) is 11.2. The Balaban J connectivity index is 0.00000256. The van der Waals surface area contributed by atoms with Gasteiger partial charge in [-0.2, -0.15) is 0 Å². The number of amides is 1. The first kappa shape index (κ1) is 16.5. The minimum atomic E-state index is -0.483. The lowest BCUT2D eigenvalue weighted by Crippen LogP contribution is -2.39. The first-order valence-electron chi connectivity index (χ1n) is 4.97. The van der Waals surface area contributed by atoms with Crippen LogP contribution in [0.5, 0.6) is 0 Å². The second-order valence-electron chi connectivity index (χ2n) is 3.61. The van der Waals surface area contributed by atoms with Gasteiger partial charge in [-0.25, -0.2) is 0 Å². The van der Waals surface area contributed by atoms with Gasteiger partial charge in [0, 0.05) is 16.6 Å². The number of halogens is 3. The zero-order valence-corrected chi connectivity index (χ0v) is 11.7. The zero-order valence-electron chi connectivity index (χ0n) is 9.37. The molecule has 17 heavy (non-hydrogen) atoms. The second kappa shape index (κ2) is 7.77. The monoisotopic (exact) mass is 296 g/mol. The highest BCUT2D eigenvalue weighted by atomic mass is 35.5. The van der Waals surface area contributed by atoms with Crippen molar-refractivity contribution in [1.82, 2.24) is 5.32 Å². The van der Waals surface area contributed by atoms with E-state index >= 15 is 0 Å². The number of nitrogens with one attached hydrogen (secondary N) is 1. The summed E-state index contributed by atoms with van der Waals surface area (Å²) in [5.41, 5.74) is 6.40. The maximum atomic E-state index is 11.2. The van der Waals surface area contributed by atoms with Crippen molar-refractivity contribution in [3.8, 4) is 0 Å². The molecule has 1 rings (SSSR count). The highest BCUT2D eigenvalue weighted by molar-refractivity contribution is 6.34. The van der Waals surface area contributed by atoms with Gasteiger partial charge >= 0.3 is 0 Å². The van der Waals surface area contributed by atoms with Crippen LogP contribution >= 0.6 is 35.6 Å². The van der Waals surface area contributed by atoms with Gasteiger partial charge < -0.3 is 11.1 Å². The van der Waals surface area contributed by atoms with E-state index in [1.54, 1.807) is 13.0 Å². The van der Waals surface area contributed by atoms with Gasteiger partial charge in [-0.05, 0) is 37.1 Å². The van der Waals surface area contributed by atoms with Crippen molar-refractivity contribution in [2.75, 3.05) is 6.54 Å². The number of nitrogens with two attached hydrogens (primary N) is 1. The van der Waals surface area contributed by atoms with Gasteiger partial charge in [0.05, 0.1) is 6.04 Å². The Hall–Kier alpha value is -0.480. The van der Waals surface area contributed by atoms with Crippen LogP contribution in [0, 0.1) is 0 Å². The third-order valence-corrected chi connectivity index (χ3v) is 2.49.